The Balaban J connectivity index is 0. The molecule has 2 heteroatoms. The predicted octanol–water partition coefficient (Wildman–Crippen LogP) is 1.90. The lowest BCUT2D eigenvalue weighted by Crippen LogP contribution is -1.10. The number of rotatable bonds is 0. The second-order valence-electron chi connectivity index (χ2n) is 0.378. The van der Waals surface area contributed by atoms with Crippen LogP contribution in [0.2, 0.25) is 0 Å². The molecule has 6 heavy (non-hydrogen) atoms. The minimum Gasteiger partial charge on any atom is -0.199 e. The van der Waals surface area contributed by atoms with Crippen molar-refractivity contribution < 1.29 is 0 Å². The van der Waals surface area contributed by atoms with Crippen molar-refractivity contribution in [3.8, 4) is 6.07 Å². The van der Waals surface area contributed by atoms with Crippen LogP contribution in [-0.4, -0.2) is 0 Å². The van der Waals surface area contributed by atoms with E-state index in [1.807, 2.05) is 0 Å². The molecule has 0 aliphatic carbocycles. The quantitative estimate of drug-likeness (QED) is 0.459. The first-order valence-electron chi connectivity index (χ1n) is 1.35. The maximum Gasteiger partial charge on any atom is 0.0587 e. The second kappa shape index (κ2) is 24.2. The first-order valence-corrected chi connectivity index (χ1v) is 1.79. The molecule has 0 saturated carbocycles. The molecule has 34 valence electrons. The monoisotopic (exact) mass is 103 g/mol. The fraction of sp³-hybridized carbons (Fsp3) is 0.250. The first kappa shape index (κ1) is 9.10. The zero-order valence-electron chi connectivity index (χ0n) is 3.61. The largest absolute Gasteiger partial charge is 0.199 e. The molecule has 0 bridgehead atoms. The Morgan fingerprint density at radius 1 is 2.00 bits per heavy atom. The van der Waals surface area contributed by atoms with Gasteiger partial charge < -0.3 is 0 Å². The number of hydrogen-bond donors (Lipinski definition) is 0. The van der Waals surface area contributed by atoms with Crippen molar-refractivity contribution >= 4 is 11.6 Å². The van der Waals surface area contributed by atoms with Crippen LogP contribution in [0.3, 0.4) is 0 Å². The van der Waals surface area contributed by atoms with Crippen LogP contribution in [0.1, 0.15) is 6.92 Å². The van der Waals surface area contributed by atoms with Gasteiger partial charge in [-0.1, -0.05) is 18.2 Å². The van der Waals surface area contributed by atoms with Gasteiger partial charge in [0.1, 0.15) is 0 Å². The summed E-state index contributed by atoms with van der Waals surface area (Å²) in [4.78, 5) is 0. The smallest absolute Gasteiger partial charge is 0.0587 e. The predicted molar refractivity (Wildman–Crippen MR) is 27.3 cm³/mol. The minimum absolute atomic E-state index is 1.22. The molecule has 1 nitrogen and oxygen atoms in total. The van der Waals surface area contributed by atoms with Crippen LogP contribution < -0.4 is 0 Å². The molecule has 0 fully saturated rings. The van der Waals surface area contributed by atoms with E-state index in [2.05, 4.69) is 6.58 Å². The molecular formula is C4H6ClN. The highest BCUT2D eigenvalue weighted by Crippen LogP contribution is 1.60. The Labute approximate surface area is 42.8 Å². The van der Waals surface area contributed by atoms with Crippen LogP contribution in [0.15, 0.2) is 12.1 Å². The van der Waals surface area contributed by atoms with Crippen LogP contribution in [0.5, 0.6) is 0 Å². The molecule has 0 atom stereocenters. The number of hydrogen-bond acceptors (Lipinski definition) is 1. The van der Waals surface area contributed by atoms with E-state index in [-0.39, 0.29) is 0 Å². The second-order valence-corrected chi connectivity index (χ2v) is 0.687. The molecule has 0 aliphatic rings. The van der Waals surface area contributed by atoms with E-state index in [0.717, 1.165) is 0 Å². The zero-order chi connectivity index (χ0) is 5.41. The van der Waals surface area contributed by atoms with Gasteiger partial charge in [-0.2, -0.15) is 5.26 Å². The van der Waals surface area contributed by atoms with Gasteiger partial charge in [0.15, 0.2) is 0 Å². The van der Waals surface area contributed by atoms with E-state index in [1.165, 1.54) is 12.5 Å². The van der Waals surface area contributed by atoms with Gasteiger partial charge in [-0.25, -0.2) is 0 Å². The summed E-state index contributed by atoms with van der Waals surface area (Å²) in [7, 11) is 0. The van der Waals surface area contributed by atoms with Crippen LogP contribution in [-0.2, 0) is 0 Å². The molecular weight excluding hydrogens is 97.5 g/mol. The standard InChI is InChI=1S/C2H3Cl.C2H3N/c2*1-2-3/h2H,1H2;1H3. The van der Waals surface area contributed by atoms with Gasteiger partial charge in [0.25, 0.3) is 0 Å². The van der Waals surface area contributed by atoms with Gasteiger partial charge in [0.05, 0.1) is 6.07 Å². The van der Waals surface area contributed by atoms with Crippen LogP contribution in [0.25, 0.3) is 0 Å². The van der Waals surface area contributed by atoms with E-state index < -0.39 is 0 Å². The van der Waals surface area contributed by atoms with Gasteiger partial charge in [0, 0.05) is 6.92 Å². The molecule has 0 aromatic heterocycles. The Kier molecular flexibility index (Phi) is 36.8. The third-order valence-corrected chi connectivity index (χ3v) is 0. The van der Waals surface area contributed by atoms with Gasteiger partial charge in [-0.3, -0.25) is 0 Å². The highest BCUT2D eigenvalue weighted by Gasteiger charge is 1.18. The highest BCUT2D eigenvalue weighted by atomic mass is 35.5. The average Bonchev–Trinajstić information content (AvgIpc) is 1.39. The Hall–Kier alpha value is -0.480. The van der Waals surface area contributed by atoms with Gasteiger partial charge in [-0.05, 0) is 5.54 Å². The summed E-state index contributed by atoms with van der Waals surface area (Å²) in [5.41, 5.74) is 1.22. The molecule has 0 rings (SSSR count). The Morgan fingerprint density at radius 2 is 2.00 bits per heavy atom. The summed E-state index contributed by atoms with van der Waals surface area (Å²) in [6, 6.07) is 1.75. The number of halogens is 1. The lowest BCUT2D eigenvalue weighted by Gasteiger charge is -1.27. The molecule has 0 aromatic rings. The molecule has 0 spiro atoms. The molecule has 0 heterocycles. The molecule has 0 saturated heterocycles. The van der Waals surface area contributed by atoms with Crippen molar-refractivity contribution in [2.24, 2.45) is 0 Å². The summed E-state index contributed by atoms with van der Waals surface area (Å²) in [6.07, 6.45) is 0. The zero-order valence-corrected chi connectivity index (χ0v) is 4.37. The van der Waals surface area contributed by atoms with Gasteiger partial charge in [0.2, 0.25) is 0 Å². The van der Waals surface area contributed by atoms with Crippen molar-refractivity contribution in [1.29, 1.82) is 5.26 Å². The van der Waals surface area contributed by atoms with E-state index in [4.69, 9.17) is 16.9 Å². The van der Waals surface area contributed by atoms with E-state index >= 15 is 0 Å². The normalized spacial score (nSPS) is 3.50. The molecule has 0 aliphatic heterocycles. The summed E-state index contributed by atoms with van der Waals surface area (Å²) in [5, 5.41) is 7.32. The molecule has 0 unspecified atom stereocenters. The topological polar surface area (TPSA) is 23.8 Å². The van der Waals surface area contributed by atoms with Crippen LogP contribution >= 0.6 is 11.6 Å². The lowest BCUT2D eigenvalue weighted by molar-refractivity contribution is 1.49. The fourth-order valence-corrected chi connectivity index (χ4v) is 0. The summed E-state index contributed by atoms with van der Waals surface area (Å²) >= 11 is 4.76. The van der Waals surface area contributed by atoms with Crippen molar-refractivity contribution in [1.82, 2.24) is 0 Å². The summed E-state index contributed by atoms with van der Waals surface area (Å²) < 4.78 is 0. The third-order valence-electron chi connectivity index (χ3n) is 0. The van der Waals surface area contributed by atoms with Gasteiger partial charge in [-0.15, -0.1) is 0 Å². The number of nitriles is 1. The van der Waals surface area contributed by atoms with Crippen molar-refractivity contribution in [2.45, 2.75) is 6.92 Å². The Morgan fingerprint density at radius 3 is 2.00 bits per heavy atom. The maximum atomic E-state index is 7.32. The van der Waals surface area contributed by atoms with Gasteiger partial charge >= 0.3 is 0 Å². The Bertz CT molecular complexity index is 53.1. The molecule has 0 amide bonds. The molecule has 0 aromatic carbocycles. The molecule has 0 radical (unpaired) electrons. The maximum absolute atomic E-state index is 7.32. The average molecular weight is 104 g/mol. The minimum atomic E-state index is 1.22. The van der Waals surface area contributed by atoms with Crippen molar-refractivity contribution in [3.05, 3.63) is 12.1 Å². The van der Waals surface area contributed by atoms with Crippen LogP contribution in [0, 0.1) is 11.3 Å². The molecule has 0 N–H and O–H groups in total. The van der Waals surface area contributed by atoms with E-state index in [1.54, 1.807) is 6.07 Å². The highest BCUT2D eigenvalue weighted by molar-refractivity contribution is 6.25. The van der Waals surface area contributed by atoms with Crippen molar-refractivity contribution in [3.63, 3.8) is 0 Å². The lowest BCUT2D eigenvalue weighted by atomic mass is 11.0. The summed E-state index contributed by atoms with van der Waals surface area (Å²) in [6.45, 7) is 4.56. The summed E-state index contributed by atoms with van der Waals surface area (Å²) in [5.74, 6) is 0. The third kappa shape index (κ3) is 97.0. The van der Waals surface area contributed by atoms with E-state index in [0.29, 0.717) is 0 Å². The SMILES string of the molecule is C=CCl.CC#N. The number of nitrogens with zero attached hydrogens (tertiary/aromatic N) is 1. The van der Waals surface area contributed by atoms with Crippen molar-refractivity contribution in [2.75, 3.05) is 0 Å². The van der Waals surface area contributed by atoms with E-state index in [9.17, 15) is 0 Å². The fourth-order valence-electron chi connectivity index (χ4n) is 0. The first-order chi connectivity index (χ1) is 2.83. The van der Waals surface area contributed by atoms with Crippen LogP contribution in [0.4, 0.5) is 0 Å².